The van der Waals surface area contributed by atoms with Crippen molar-refractivity contribution in [2.45, 2.75) is 25.8 Å². The van der Waals surface area contributed by atoms with E-state index in [1.54, 1.807) is 0 Å². The first-order valence-electron chi connectivity index (χ1n) is 12.3. The zero-order valence-corrected chi connectivity index (χ0v) is 19.9. The lowest BCUT2D eigenvalue weighted by molar-refractivity contribution is 0.171. The number of aromatic nitrogens is 3. The van der Waals surface area contributed by atoms with Crippen LogP contribution in [-0.4, -0.2) is 58.4 Å². The number of rotatable bonds is 7. The van der Waals surface area contributed by atoms with Gasteiger partial charge in [0.05, 0.1) is 5.69 Å². The van der Waals surface area contributed by atoms with E-state index in [1.807, 2.05) is 40.9 Å². The van der Waals surface area contributed by atoms with Gasteiger partial charge < -0.3 is 20.1 Å². The Bertz CT molecular complexity index is 1310. The van der Waals surface area contributed by atoms with Crippen molar-refractivity contribution in [3.8, 4) is 22.8 Å². The van der Waals surface area contributed by atoms with Crippen LogP contribution in [0.15, 0.2) is 60.7 Å². The summed E-state index contributed by atoms with van der Waals surface area (Å²) in [5, 5.41) is 11.6. The molecule has 2 N–H and O–H groups in total. The number of pyridine rings is 1. The smallest absolute Gasteiger partial charge is 0.247 e. The Hall–Kier alpha value is -3.78. The van der Waals surface area contributed by atoms with Crippen molar-refractivity contribution in [2.24, 2.45) is 0 Å². The lowest BCUT2D eigenvalue weighted by Crippen LogP contribution is -2.35. The lowest BCUT2D eigenvalue weighted by atomic mass is 10.1. The van der Waals surface area contributed by atoms with Gasteiger partial charge >= 0.3 is 0 Å². The molecule has 1 atom stereocenters. The molecule has 0 radical (unpaired) electrons. The molecule has 0 amide bonds. The first-order valence-corrected chi connectivity index (χ1v) is 12.3. The van der Waals surface area contributed by atoms with Crippen molar-refractivity contribution < 1.29 is 9.47 Å². The van der Waals surface area contributed by atoms with Crippen molar-refractivity contribution in [1.29, 1.82) is 0 Å². The summed E-state index contributed by atoms with van der Waals surface area (Å²) in [6.07, 6.45) is 2.64. The molecule has 180 valence electrons. The van der Waals surface area contributed by atoms with Crippen LogP contribution in [0, 0.1) is 0 Å². The average molecular weight is 471 g/mol. The van der Waals surface area contributed by atoms with E-state index in [9.17, 15) is 0 Å². The molecule has 0 aliphatic carbocycles. The first-order chi connectivity index (χ1) is 17.2. The Labute approximate surface area is 204 Å². The summed E-state index contributed by atoms with van der Waals surface area (Å²) < 4.78 is 13.3. The van der Waals surface area contributed by atoms with Gasteiger partial charge in [0.1, 0.15) is 13.2 Å². The Balaban J connectivity index is 1.16. The highest BCUT2D eigenvalue weighted by Gasteiger charge is 2.18. The van der Waals surface area contributed by atoms with Crippen LogP contribution >= 0.6 is 0 Å². The van der Waals surface area contributed by atoms with E-state index in [2.05, 4.69) is 51.7 Å². The number of fused-ring (bicyclic) bond motifs is 2. The van der Waals surface area contributed by atoms with E-state index < -0.39 is 0 Å². The molecule has 0 saturated carbocycles. The second-order valence-corrected chi connectivity index (χ2v) is 9.15. The summed E-state index contributed by atoms with van der Waals surface area (Å²) in [6, 6.07) is 20.8. The van der Waals surface area contributed by atoms with Crippen molar-refractivity contribution in [1.82, 2.24) is 19.5 Å². The van der Waals surface area contributed by atoms with Crippen LogP contribution in [0.4, 0.5) is 17.3 Å². The summed E-state index contributed by atoms with van der Waals surface area (Å²) in [7, 11) is 0. The SMILES string of the molecule is CC(CNc1ccc(Nc2nc3cccc(-c4ccc5c(c4)OCCO5)n3n2)cc1)N1CCCC1. The van der Waals surface area contributed by atoms with Gasteiger partial charge in [-0.15, -0.1) is 5.10 Å². The lowest BCUT2D eigenvalue weighted by Gasteiger charge is -2.24. The summed E-state index contributed by atoms with van der Waals surface area (Å²) in [5.74, 6) is 2.09. The highest BCUT2D eigenvalue weighted by atomic mass is 16.6. The predicted molar refractivity (Wildman–Crippen MR) is 138 cm³/mol. The molecule has 1 saturated heterocycles. The first kappa shape index (κ1) is 21.7. The average Bonchev–Trinajstić information content (AvgIpc) is 3.58. The normalized spacial score (nSPS) is 16.4. The fraction of sp³-hybridized carbons (Fsp3) is 0.333. The topological polar surface area (TPSA) is 76.0 Å². The van der Waals surface area contributed by atoms with Crippen LogP contribution in [0.5, 0.6) is 11.5 Å². The zero-order chi connectivity index (χ0) is 23.6. The van der Waals surface area contributed by atoms with Crippen molar-refractivity contribution in [3.63, 3.8) is 0 Å². The van der Waals surface area contributed by atoms with Crippen LogP contribution in [0.25, 0.3) is 16.9 Å². The van der Waals surface area contributed by atoms with E-state index in [0.29, 0.717) is 25.2 Å². The summed E-state index contributed by atoms with van der Waals surface area (Å²) >= 11 is 0. The van der Waals surface area contributed by atoms with Gasteiger partial charge in [-0.2, -0.15) is 4.98 Å². The number of nitrogens with one attached hydrogen (secondary N) is 2. The van der Waals surface area contributed by atoms with Gasteiger partial charge in [0.25, 0.3) is 0 Å². The Morgan fingerprint density at radius 3 is 2.51 bits per heavy atom. The fourth-order valence-electron chi connectivity index (χ4n) is 4.76. The highest BCUT2D eigenvalue weighted by molar-refractivity contribution is 5.68. The number of anilines is 3. The van der Waals surface area contributed by atoms with Gasteiger partial charge in [-0.05, 0) is 87.5 Å². The zero-order valence-electron chi connectivity index (χ0n) is 19.9. The van der Waals surface area contributed by atoms with Crippen LogP contribution in [-0.2, 0) is 0 Å². The van der Waals surface area contributed by atoms with Crippen LogP contribution < -0.4 is 20.1 Å². The van der Waals surface area contributed by atoms with Gasteiger partial charge in [0.2, 0.25) is 5.95 Å². The second kappa shape index (κ2) is 9.46. The van der Waals surface area contributed by atoms with Gasteiger partial charge in [0, 0.05) is 29.5 Å². The summed E-state index contributed by atoms with van der Waals surface area (Å²) in [5.41, 5.74) is 4.76. The summed E-state index contributed by atoms with van der Waals surface area (Å²) in [4.78, 5) is 7.22. The molecule has 6 rings (SSSR count). The number of likely N-dealkylation sites (tertiary alicyclic amines) is 1. The molecule has 2 aromatic heterocycles. The third-order valence-corrected chi connectivity index (χ3v) is 6.70. The Kier molecular flexibility index (Phi) is 5.88. The Morgan fingerprint density at radius 1 is 0.914 bits per heavy atom. The van der Waals surface area contributed by atoms with Crippen LogP contribution in [0.2, 0.25) is 0 Å². The van der Waals surface area contributed by atoms with Crippen molar-refractivity contribution in [2.75, 3.05) is 43.5 Å². The molecule has 8 nitrogen and oxygen atoms in total. The highest BCUT2D eigenvalue weighted by Crippen LogP contribution is 2.34. The number of hydrogen-bond donors (Lipinski definition) is 2. The van der Waals surface area contributed by atoms with Crippen LogP contribution in [0.3, 0.4) is 0 Å². The molecule has 0 spiro atoms. The molecule has 4 aromatic rings. The monoisotopic (exact) mass is 470 g/mol. The number of nitrogens with zero attached hydrogens (tertiary/aromatic N) is 4. The maximum atomic E-state index is 5.76. The van der Waals surface area contributed by atoms with E-state index in [-0.39, 0.29) is 0 Å². The molecule has 0 bridgehead atoms. The van der Waals surface area contributed by atoms with Crippen LogP contribution in [0.1, 0.15) is 19.8 Å². The van der Waals surface area contributed by atoms with Gasteiger partial charge in [-0.1, -0.05) is 6.07 Å². The quantitative estimate of drug-likeness (QED) is 0.402. The number of ether oxygens (including phenoxy) is 2. The molecule has 35 heavy (non-hydrogen) atoms. The van der Waals surface area contributed by atoms with Gasteiger partial charge in [0.15, 0.2) is 17.1 Å². The Morgan fingerprint density at radius 2 is 1.69 bits per heavy atom. The largest absolute Gasteiger partial charge is 0.486 e. The molecule has 1 fully saturated rings. The number of benzene rings is 2. The maximum absolute atomic E-state index is 5.76. The minimum atomic E-state index is 0.542. The summed E-state index contributed by atoms with van der Waals surface area (Å²) in [6.45, 7) is 6.81. The van der Waals surface area contributed by atoms with Crippen molar-refractivity contribution in [3.05, 3.63) is 60.7 Å². The van der Waals surface area contributed by atoms with E-state index in [0.717, 1.165) is 46.3 Å². The standard InChI is InChI=1S/C27H30N6O2/c1-19(32-13-2-3-14-32)18-28-21-8-10-22(11-9-21)29-27-30-26-6-4-5-23(33(26)31-27)20-7-12-24-25(17-20)35-16-15-34-24/h4-12,17,19,28H,2-3,13-16,18H2,1H3,(H,29,31). The third-order valence-electron chi connectivity index (χ3n) is 6.70. The van der Waals surface area contributed by atoms with E-state index in [1.165, 1.54) is 25.9 Å². The second-order valence-electron chi connectivity index (χ2n) is 9.15. The predicted octanol–water partition coefficient (Wildman–Crippen LogP) is 4.81. The molecular formula is C27H30N6O2. The minimum absolute atomic E-state index is 0.542. The fourth-order valence-corrected chi connectivity index (χ4v) is 4.76. The molecule has 2 aromatic carbocycles. The van der Waals surface area contributed by atoms with Crippen molar-refractivity contribution >= 4 is 23.0 Å². The molecule has 2 aliphatic heterocycles. The van der Waals surface area contributed by atoms with E-state index in [4.69, 9.17) is 14.6 Å². The third kappa shape index (κ3) is 4.61. The van der Waals surface area contributed by atoms with E-state index >= 15 is 0 Å². The minimum Gasteiger partial charge on any atom is -0.486 e. The van der Waals surface area contributed by atoms with Gasteiger partial charge in [-0.3, -0.25) is 4.90 Å². The molecule has 8 heteroatoms. The molecule has 4 heterocycles. The molecule has 2 aliphatic rings. The van der Waals surface area contributed by atoms with Gasteiger partial charge in [-0.25, -0.2) is 4.52 Å². The molecule has 1 unspecified atom stereocenters. The maximum Gasteiger partial charge on any atom is 0.247 e. The molecular weight excluding hydrogens is 440 g/mol. The number of hydrogen-bond acceptors (Lipinski definition) is 7.